The summed E-state index contributed by atoms with van der Waals surface area (Å²) in [5.74, 6) is 0. The van der Waals surface area contributed by atoms with Crippen LogP contribution in [0.5, 0.6) is 0 Å². The number of ether oxygens (including phenoxy) is 1. The fraction of sp³-hybridized carbons (Fsp3) is 0.105. The molecular formula is C19H16N2O4. The monoisotopic (exact) mass is 336 g/mol. The molecule has 25 heavy (non-hydrogen) atoms. The van der Waals surface area contributed by atoms with Crippen molar-refractivity contribution in [2.24, 2.45) is 5.10 Å². The second-order valence-corrected chi connectivity index (χ2v) is 5.36. The summed E-state index contributed by atoms with van der Waals surface area (Å²) < 4.78 is 10.3. The van der Waals surface area contributed by atoms with Gasteiger partial charge in [-0.25, -0.2) is 15.0 Å². The molecule has 2 aromatic carbocycles. The number of hydrogen-bond donors (Lipinski definition) is 1. The van der Waals surface area contributed by atoms with Crippen molar-refractivity contribution >= 4 is 22.8 Å². The normalized spacial score (nSPS) is 11.3. The Morgan fingerprint density at radius 1 is 1.12 bits per heavy atom. The van der Waals surface area contributed by atoms with Crippen LogP contribution in [0.3, 0.4) is 0 Å². The standard InChI is InChI=1S/C19H16N2O4/c1-13(16-11-15-9-5-6-10-17(15)25-18(16)22)20-21-19(23)24-12-14-7-3-2-4-8-14/h2-11H,12H2,1H3,(H,21,23)/b20-13-. The Bertz CT molecular complexity index is 977. The molecule has 0 saturated heterocycles. The van der Waals surface area contributed by atoms with Gasteiger partial charge >= 0.3 is 11.7 Å². The highest BCUT2D eigenvalue weighted by Crippen LogP contribution is 2.12. The zero-order chi connectivity index (χ0) is 17.6. The van der Waals surface area contributed by atoms with Crippen LogP contribution in [-0.4, -0.2) is 11.8 Å². The van der Waals surface area contributed by atoms with Crippen molar-refractivity contribution in [1.82, 2.24) is 5.43 Å². The Morgan fingerprint density at radius 3 is 2.64 bits per heavy atom. The predicted octanol–water partition coefficient (Wildman–Crippen LogP) is 3.44. The number of carbonyl (C=O) groups excluding carboxylic acids is 1. The van der Waals surface area contributed by atoms with E-state index in [0.29, 0.717) is 11.3 Å². The summed E-state index contributed by atoms with van der Waals surface area (Å²) in [6, 6.07) is 18.2. The number of carbonyl (C=O) groups is 1. The molecule has 0 aliphatic rings. The first-order valence-electron chi connectivity index (χ1n) is 7.68. The molecule has 0 fully saturated rings. The molecule has 0 aliphatic carbocycles. The Balaban J connectivity index is 1.68. The van der Waals surface area contributed by atoms with Crippen LogP contribution in [0, 0.1) is 0 Å². The van der Waals surface area contributed by atoms with E-state index in [4.69, 9.17) is 9.15 Å². The van der Waals surface area contributed by atoms with E-state index >= 15 is 0 Å². The van der Waals surface area contributed by atoms with Gasteiger partial charge in [-0.1, -0.05) is 48.5 Å². The molecule has 3 rings (SSSR count). The summed E-state index contributed by atoms with van der Waals surface area (Å²) in [5, 5.41) is 4.68. The van der Waals surface area contributed by atoms with Gasteiger partial charge in [0.2, 0.25) is 0 Å². The Morgan fingerprint density at radius 2 is 1.84 bits per heavy atom. The van der Waals surface area contributed by atoms with Gasteiger partial charge in [0.05, 0.1) is 11.3 Å². The number of fused-ring (bicyclic) bond motifs is 1. The molecule has 3 aromatic rings. The minimum absolute atomic E-state index is 0.138. The van der Waals surface area contributed by atoms with Gasteiger partial charge in [-0.05, 0) is 24.6 Å². The second-order valence-electron chi connectivity index (χ2n) is 5.36. The Kier molecular flexibility index (Phi) is 4.89. The maximum atomic E-state index is 12.0. The van der Waals surface area contributed by atoms with Gasteiger partial charge in [0, 0.05) is 5.39 Å². The lowest BCUT2D eigenvalue weighted by Crippen LogP contribution is -2.22. The van der Waals surface area contributed by atoms with Gasteiger partial charge in [0.25, 0.3) is 0 Å². The molecule has 1 N–H and O–H groups in total. The molecule has 0 unspecified atom stereocenters. The van der Waals surface area contributed by atoms with E-state index in [1.54, 1.807) is 25.1 Å². The van der Waals surface area contributed by atoms with Crippen LogP contribution >= 0.6 is 0 Å². The summed E-state index contributed by atoms with van der Waals surface area (Å²) in [5.41, 5.74) is 3.74. The molecule has 126 valence electrons. The molecule has 0 spiro atoms. The van der Waals surface area contributed by atoms with E-state index in [1.165, 1.54) is 0 Å². The smallest absolute Gasteiger partial charge is 0.428 e. The third kappa shape index (κ3) is 4.11. The van der Waals surface area contributed by atoms with Crippen molar-refractivity contribution in [3.63, 3.8) is 0 Å². The van der Waals surface area contributed by atoms with E-state index in [2.05, 4.69) is 10.5 Å². The van der Waals surface area contributed by atoms with Crippen molar-refractivity contribution < 1.29 is 13.9 Å². The van der Waals surface area contributed by atoms with E-state index in [1.807, 2.05) is 42.5 Å². The maximum Gasteiger partial charge on any atom is 0.428 e. The zero-order valence-corrected chi connectivity index (χ0v) is 13.6. The largest absolute Gasteiger partial charge is 0.443 e. The lowest BCUT2D eigenvalue weighted by molar-refractivity contribution is 0.140. The van der Waals surface area contributed by atoms with Crippen molar-refractivity contribution in [1.29, 1.82) is 0 Å². The lowest BCUT2D eigenvalue weighted by atomic mass is 10.1. The minimum atomic E-state index is -0.701. The van der Waals surface area contributed by atoms with Crippen LogP contribution in [0.4, 0.5) is 4.79 Å². The Labute approximate surface area is 143 Å². The fourth-order valence-corrected chi connectivity index (χ4v) is 2.26. The van der Waals surface area contributed by atoms with Gasteiger partial charge < -0.3 is 9.15 Å². The lowest BCUT2D eigenvalue weighted by Gasteiger charge is -2.05. The molecule has 0 atom stereocenters. The average molecular weight is 336 g/mol. The fourth-order valence-electron chi connectivity index (χ4n) is 2.26. The molecule has 1 heterocycles. The maximum absolute atomic E-state index is 12.0. The minimum Gasteiger partial charge on any atom is -0.443 e. The predicted molar refractivity (Wildman–Crippen MR) is 94.5 cm³/mol. The summed E-state index contributed by atoms with van der Waals surface area (Å²) >= 11 is 0. The van der Waals surface area contributed by atoms with Crippen LogP contribution < -0.4 is 11.1 Å². The quantitative estimate of drug-likeness (QED) is 0.449. The van der Waals surface area contributed by atoms with Crippen molar-refractivity contribution in [3.8, 4) is 0 Å². The number of hydrazone groups is 1. The number of amides is 1. The van der Waals surface area contributed by atoms with Gasteiger partial charge in [-0.3, -0.25) is 0 Å². The van der Waals surface area contributed by atoms with Gasteiger partial charge in [0.1, 0.15) is 12.2 Å². The molecule has 1 amide bonds. The summed E-state index contributed by atoms with van der Waals surface area (Å²) in [6.07, 6.45) is -0.701. The van der Waals surface area contributed by atoms with Crippen LogP contribution in [0.1, 0.15) is 18.1 Å². The number of hydrogen-bond acceptors (Lipinski definition) is 5. The highest BCUT2D eigenvalue weighted by molar-refractivity contribution is 6.00. The average Bonchev–Trinajstić information content (AvgIpc) is 2.64. The molecule has 0 saturated carbocycles. The van der Waals surface area contributed by atoms with Gasteiger partial charge in [0.15, 0.2) is 0 Å². The molecule has 1 aromatic heterocycles. The second kappa shape index (κ2) is 7.44. The number of para-hydroxylation sites is 1. The first kappa shape index (κ1) is 16.4. The number of nitrogens with zero attached hydrogens (tertiary/aromatic N) is 1. The van der Waals surface area contributed by atoms with E-state index < -0.39 is 11.7 Å². The summed E-state index contributed by atoms with van der Waals surface area (Å²) in [4.78, 5) is 23.7. The number of rotatable bonds is 4. The first-order valence-corrected chi connectivity index (χ1v) is 7.68. The van der Waals surface area contributed by atoms with Crippen molar-refractivity contribution in [2.45, 2.75) is 13.5 Å². The van der Waals surface area contributed by atoms with Gasteiger partial charge in [-0.15, -0.1) is 0 Å². The summed E-state index contributed by atoms with van der Waals surface area (Å²) in [7, 11) is 0. The number of benzene rings is 2. The highest BCUT2D eigenvalue weighted by atomic mass is 16.6. The molecular weight excluding hydrogens is 320 g/mol. The number of nitrogens with one attached hydrogen (secondary N) is 1. The van der Waals surface area contributed by atoms with E-state index in [9.17, 15) is 9.59 Å². The van der Waals surface area contributed by atoms with Crippen LogP contribution in [-0.2, 0) is 11.3 Å². The molecule has 0 bridgehead atoms. The molecule has 0 radical (unpaired) electrons. The van der Waals surface area contributed by atoms with Crippen LogP contribution in [0.25, 0.3) is 11.0 Å². The molecule has 0 aliphatic heterocycles. The molecule has 6 nitrogen and oxygen atoms in total. The SMILES string of the molecule is C/C(=N/NC(=O)OCc1ccccc1)c1cc2ccccc2oc1=O. The van der Waals surface area contributed by atoms with Crippen molar-refractivity contribution in [2.75, 3.05) is 0 Å². The topological polar surface area (TPSA) is 80.9 Å². The highest BCUT2D eigenvalue weighted by Gasteiger charge is 2.09. The van der Waals surface area contributed by atoms with Crippen LogP contribution in [0.2, 0.25) is 0 Å². The first-order chi connectivity index (χ1) is 12.1. The van der Waals surface area contributed by atoms with E-state index in [-0.39, 0.29) is 12.2 Å². The zero-order valence-electron chi connectivity index (χ0n) is 13.6. The van der Waals surface area contributed by atoms with Crippen LogP contribution in [0.15, 0.2) is 75.0 Å². The third-order valence-corrected chi connectivity index (χ3v) is 3.56. The third-order valence-electron chi connectivity index (χ3n) is 3.56. The van der Waals surface area contributed by atoms with E-state index in [0.717, 1.165) is 10.9 Å². The van der Waals surface area contributed by atoms with Crippen molar-refractivity contribution in [3.05, 3.63) is 82.2 Å². The van der Waals surface area contributed by atoms with Gasteiger partial charge in [-0.2, -0.15) is 5.10 Å². The molecule has 6 heteroatoms. The Hall–Kier alpha value is -3.41. The summed E-state index contributed by atoms with van der Waals surface area (Å²) in [6.45, 7) is 1.75.